The second kappa shape index (κ2) is 7.82. The SMILES string of the molecule is Cc1ccc(Nc2ccc3c(c2)C(=O)c2c(Nc4ccc(C)cc4)cccc2C3=O)cc1. The summed E-state index contributed by atoms with van der Waals surface area (Å²) in [6.07, 6.45) is 0. The van der Waals surface area contributed by atoms with Gasteiger partial charge < -0.3 is 10.6 Å². The molecule has 1 aliphatic carbocycles. The molecule has 0 amide bonds. The van der Waals surface area contributed by atoms with Gasteiger partial charge in [-0.1, -0.05) is 47.5 Å². The summed E-state index contributed by atoms with van der Waals surface area (Å²) in [4.78, 5) is 26.8. The second-order valence-electron chi connectivity index (χ2n) is 8.13. The molecule has 4 nitrogen and oxygen atoms in total. The lowest BCUT2D eigenvalue weighted by Gasteiger charge is -2.21. The van der Waals surface area contributed by atoms with E-state index in [1.807, 2.05) is 74.5 Å². The van der Waals surface area contributed by atoms with E-state index in [0.717, 1.165) is 22.6 Å². The minimum Gasteiger partial charge on any atom is -0.356 e. The van der Waals surface area contributed by atoms with Gasteiger partial charge in [-0.15, -0.1) is 0 Å². The fraction of sp³-hybridized carbons (Fsp3) is 0.0714. The van der Waals surface area contributed by atoms with Gasteiger partial charge >= 0.3 is 0 Å². The summed E-state index contributed by atoms with van der Waals surface area (Å²) < 4.78 is 0. The molecule has 0 radical (unpaired) electrons. The molecule has 0 heterocycles. The molecule has 0 aromatic heterocycles. The van der Waals surface area contributed by atoms with Gasteiger partial charge in [0.05, 0.1) is 11.3 Å². The van der Waals surface area contributed by atoms with E-state index in [2.05, 4.69) is 10.6 Å². The summed E-state index contributed by atoms with van der Waals surface area (Å²) >= 11 is 0. The van der Waals surface area contributed by atoms with Crippen molar-refractivity contribution in [2.24, 2.45) is 0 Å². The molecule has 0 atom stereocenters. The molecule has 32 heavy (non-hydrogen) atoms. The Morgan fingerprint density at radius 2 is 1.12 bits per heavy atom. The fourth-order valence-corrected chi connectivity index (χ4v) is 3.97. The van der Waals surface area contributed by atoms with Crippen molar-refractivity contribution >= 4 is 34.3 Å². The van der Waals surface area contributed by atoms with Gasteiger partial charge in [-0.3, -0.25) is 9.59 Å². The summed E-state index contributed by atoms with van der Waals surface area (Å²) in [5, 5.41) is 6.63. The third-order valence-corrected chi connectivity index (χ3v) is 5.72. The summed E-state index contributed by atoms with van der Waals surface area (Å²) in [6, 6.07) is 26.6. The molecule has 0 unspecified atom stereocenters. The molecule has 0 saturated heterocycles. The molecule has 1 aliphatic rings. The zero-order valence-corrected chi connectivity index (χ0v) is 17.9. The zero-order valence-electron chi connectivity index (χ0n) is 17.9. The topological polar surface area (TPSA) is 58.2 Å². The highest BCUT2D eigenvalue weighted by Gasteiger charge is 2.32. The third-order valence-electron chi connectivity index (χ3n) is 5.72. The standard InChI is InChI=1S/C28H22N2O2/c1-17-6-10-19(11-7-17)29-21-14-15-22-24(16-21)28(32)26-23(27(22)31)4-3-5-25(26)30-20-12-8-18(2)9-13-20/h3-16,29-30H,1-2H3. The van der Waals surface area contributed by atoms with Gasteiger partial charge in [0.2, 0.25) is 0 Å². The van der Waals surface area contributed by atoms with Gasteiger partial charge in [-0.2, -0.15) is 0 Å². The van der Waals surface area contributed by atoms with Crippen LogP contribution in [0.2, 0.25) is 0 Å². The first-order valence-electron chi connectivity index (χ1n) is 10.5. The van der Waals surface area contributed by atoms with Crippen LogP contribution < -0.4 is 10.6 Å². The Labute approximate surface area is 186 Å². The quantitative estimate of drug-likeness (QED) is 0.347. The summed E-state index contributed by atoms with van der Waals surface area (Å²) in [5.41, 5.74) is 7.20. The average molecular weight is 418 g/mol. The van der Waals surface area contributed by atoms with Crippen molar-refractivity contribution in [1.82, 2.24) is 0 Å². The van der Waals surface area contributed by atoms with Crippen LogP contribution in [0.1, 0.15) is 43.0 Å². The smallest absolute Gasteiger partial charge is 0.196 e. The van der Waals surface area contributed by atoms with E-state index in [9.17, 15) is 9.59 Å². The van der Waals surface area contributed by atoms with Gasteiger partial charge in [0.25, 0.3) is 0 Å². The highest BCUT2D eigenvalue weighted by molar-refractivity contribution is 6.30. The number of carbonyl (C=O) groups excluding carboxylic acids is 2. The van der Waals surface area contributed by atoms with Gasteiger partial charge in [-0.25, -0.2) is 0 Å². The Hall–Kier alpha value is -4.18. The molecule has 0 spiro atoms. The van der Waals surface area contributed by atoms with Gasteiger partial charge in [0.15, 0.2) is 11.6 Å². The number of benzene rings is 4. The van der Waals surface area contributed by atoms with E-state index < -0.39 is 0 Å². The molecule has 0 fully saturated rings. The van der Waals surface area contributed by atoms with Crippen molar-refractivity contribution in [3.05, 3.63) is 118 Å². The third kappa shape index (κ3) is 3.56. The van der Waals surface area contributed by atoms with Crippen molar-refractivity contribution in [3.8, 4) is 0 Å². The molecule has 4 aromatic carbocycles. The average Bonchev–Trinajstić information content (AvgIpc) is 2.80. The minimum absolute atomic E-state index is 0.135. The lowest BCUT2D eigenvalue weighted by Crippen LogP contribution is -2.22. The number of hydrogen-bond donors (Lipinski definition) is 2. The van der Waals surface area contributed by atoms with Crippen molar-refractivity contribution in [1.29, 1.82) is 0 Å². The fourth-order valence-electron chi connectivity index (χ4n) is 3.97. The molecule has 5 rings (SSSR count). The number of anilines is 4. The highest BCUT2D eigenvalue weighted by Crippen LogP contribution is 2.35. The number of hydrogen-bond acceptors (Lipinski definition) is 4. The Balaban J connectivity index is 1.52. The van der Waals surface area contributed by atoms with Crippen molar-refractivity contribution in [3.63, 3.8) is 0 Å². The second-order valence-corrected chi connectivity index (χ2v) is 8.13. The normalized spacial score (nSPS) is 12.2. The van der Waals surface area contributed by atoms with Gasteiger partial charge in [0.1, 0.15) is 0 Å². The van der Waals surface area contributed by atoms with E-state index in [1.54, 1.807) is 24.3 Å². The lowest BCUT2D eigenvalue weighted by atomic mass is 9.83. The molecule has 2 N–H and O–H groups in total. The first-order chi connectivity index (χ1) is 15.5. The number of carbonyl (C=O) groups is 2. The maximum absolute atomic E-state index is 13.5. The Morgan fingerprint density at radius 3 is 1.78 bits per heavy atom. The van der Waals surface area contributed by atoms with Crippen LogP contribution in [0.15, 0.2) is 84.9 Å². The monoisotopic (exact) mass is 418 g/mol. The Bertz CT molecular complexity index is 1350. The first-order valence-corrected chi connectivity index (χ1v) is 10.5. The molecular weight excluding hydrogens is 396 g/mol. The maximum atomic E-state index is 13.5. The number of aryl methyl sites for hydroxylation is 2. The van der Waals surface area contributed by atoms with Gasteiger partial charge in [-0.05, 0) is 62.4 Å². The summed E-state index contributed by atoms with van der Waals surface area (Å²) in [5.74, 6) is -0.290. The van der Waals surface area contributed by atoms with Gasteiger partial charge in [0, 0.05) is 33.8 Å². The van der Waals surface area contributed by atoms with E-state index >= 15 is 0 Å². The van der Waals surface area contributed by atoms with Crippen LogP contribution in [0.5, 0.6) is 0 Å². The van der Waals surface area contributed by atoms with Crippen molar-refractivity contribution in [2.45, 2.75) is 13.8 Å². The summed E-state index contributed by atoms with van der Waals surface area (Å²) in [6.45, 7) is 4.06. The molecule has 4 aromatic rings. The van der Waals surface area contributed by atoms with E-state index in [4.69, 9.17) is 0 Å². The minimum atomic E-state index is -0.155. The van der Waals surface area contributed by atoms with E-state index in [1.165, 1.54) is 5.56 Å². The van der Waals surface area contributed by atoms with Crippen LogP contribution in [-0.4, -0.2) is 11.6 Å². The largest absolute Gasteiger partial charge is 0.356 e. The van der Waals surface area contributed by atoms with Crippen LogP contribution in [0.3, 0.4) is 0 Å². The van der Waals surface area contributed by atoms with Crippen LogP contribution in [0, 0.1) is 13.8 Å². The molecule has 156 valence electrons. The number of nitrogens with one attached hydrogen (secondary N) is 2. The Kier molecular flexibility index (Phi) is 4.83. The predicted octanol–water partition coefficient (Wildman–Crippen LogP) is 6.57. The van der Waals surface area contributed by atoms with E-state index in [-0.39, 0.29) is 11.6 Å². The number of rotatable bonds is 4. The van der Waals surface area contributed by atoms with Crippen LogP contribution in [-0.2, 0) is 0 Å². The highest BCUT2D eigenvalue weighted by atomic mass is 16.1. The molecule has 0 bridgehead atoms. The first kappa shape index (κ1) is 19.8. The van der Waals surface area contributed by atoms with Crippen LogP contribution in [0.25, 0.3) is 0 Å². The zero-order chi connectivity index (χ0) is 22.2. The van der Waals surface area contributed by atoms with Crippen molar-refractivity contribution in [2.75, 3.05) is 10.6 Å². The van der Waals surface area contributed by atoms with Crippen LogP contribution >= 0.6 is 0 Å². The molecule has 0 aliphatic heterocycles. The number of fused-ring (bicyclic) bond motifs is 2. The van der Waals surface area contributed by atoms with Crippen molar-refractivity contribution < 1.29 is 9.59 Å². The molecule has 0 saturated carbocycles. The lowest BCUT2D eigenvalue weighted by molar-refractivity contribution is 0.0980. The summed E-state index contributed by atoms with van der Waals surface area (Å²) in [7, 11) is 0. The van der Waals surface area contributed by atoms with Crippen LogP contribution in [0.4, 0.5) is 22.7 Å². The molecule has 4 heteroatoms. The van der Waals surface area contributed by atoms with E-state index in [0.29, 0.717) is 27.9 Å². The maximum Gasteiger partial charge on any atom is 0.196 e. The molecular formula is C28H22N2O2. The predicted molar refractivity (Wildman–Crippen MR) is 129 cm³/mol. The number of ketones is 2. The Morgan fingerprint density at radius 1 is 0.531 bits per heavy atom.